The molecule has 0 saturated heterocycles. The van der Waals surface area contributed by atoms with Crippen molar-refractivity contribution in [1.29, 1.82) is 0 Å². The predicted molar refractivity (Wildman–Crippen MR) is 37.0 cm³/mol. The van der Waals surface area contributed by atoms with Crippen LogP contribution in [0.5, 0.6) is 0 Å². The van der Waals surface area contributed by atoms with Crippen LogP contribution in [0.1, 0.15) is 19.9 Å². The van der Waals surface area contributed by atoms with Gasteiger partial charge in [0, 0.05) is 12.1 Å². The summed E-state index contributed by atoms with van der Waals surface area (Å²) in [7, 11) is 0. The molecule has 1 heterocycles. The normalized spacial score (nSPS) is 10.1. The summed E-state index contributed by atoms with van der Waals surface area (Å²) in [6, 6.07) is 6.69. The zero-order chi connectivity index (χ0) is 6.69. The Labute approximate surface area is 56.0 Å². The quantitative estimate of drug-likeness (QED) is 0.498. The first kappa shape index (κ1) is 6.27. The Morgan fingerprint density at radius 1 is 1.00 bits per heavy atom. The molecule has 0 bridgehead atoms. The van der Waals surface area contributed by atoms with Gasteiger partial charge in [0.15, 0.2) is 18.4 Å². The molecule has 1 aromatic rings. The Balaban J connectivity index is 2.85. The fraction of sp³-hybridized carbons (Fsp3) is 0.375. The van der Waals surface area contributed by atoms with Crippen molar-refractivity contribution >= 4 is 0 Å². The van der Waals surface area contributed by atoms with E-state index in [-0.39, 0.29) is 0 Å². The highest BCUT2D eigenvalue weighted by molar-refractivity contribution is 4.83. The molecular formula is C8H12N+. The summed E-state index contributed by atoms with van der Waals surface area (Å²) in [5.74, 6) is 0. The van der Waals surface area contributed by atoms with E-state index in [0.29, 0.717) is 6.04 Å². The maximum Gasteiger partial charge on any atom is 0.169 e. The molecule has 0 aliphatic rings. The zero-order valence-electron chi connectivity index (χ0n) is 5.91. The van der Waals surface area contributed by atoms with E-state index in [4.69, 9.17) is 0 Å². The van der Waals surface area contributed by atoms with Crippen LogP contribution in [0.3, 0.4) is 0 Å². The van der Waals surface area contributed by atoms with E-state index >= 15 is 0 Å². The topological polar surface area (TPSA) is 3.88 Å². The molecule has 0 fully saturated rings. The first-order chi connectivity index (χ1) is 4.30. The third kappa shape index (κ3) is 1.53. The van der Waals surface area contributed by atoms with E-state index < -0.39 is 0 Å². The minimum atomic E-state index is 0.575. The third-order valence-electron chi connectivity index (χ3n) is 1.33. The van der Waals surface area contributed by atoms with Gasteiger partial charge in [-0.3, -0.25) is 0 Å². The van der Waals surface area contributed by atoms with Gasteiger partial charge in [0.1, 0.15) is 0 Å². The Morgan fingerprint density at radius 2 is 1.56 bits per heavy atom. The van der Waals surface area contributed by atoms with Crippen LogP contribution in [0.4, 0.5) is 0 Å². The highest BCUT2D eigenvalue weighted by atomic mass is 15.0. The van der Waals surface area contributed by atoms with E-state index in [9.17, 15) is 0 Å². The van der Waals surface area contributed by atoms with E-state index in [1.807, 2.05) is 18.2 Å². The SMILES string of the molecule is CC(C)[n+]1ccccc1. The van der Waals surface area contributed by atoms with Crippen LogP contribution >= 0.6 is 0 Å². The fourth-order valence-corrected chi connectivity index (χ4v) is 0.756. The number of hydrogen-bond acceptors (Lipinski definition) is 0. The summed E-state index contributed by atoms with van der Waals surface area (Å²) in [5.41, 5.74) is 0. The molecule has 0 N–H and O–H groups in total. The van der Waals surface area contributed by atoms with Crippen molar-refractivity contribution in [2.75, 3.05) is 0 Å². The molecule has 0 amide bonds. The van der Waals surface area contributed by atoms with Gasteiger partial charge in [-0.15, -0.1) is 0 Å². The molecule has 0 unspecified atom stereocenters. The molecule has 1 aromatic heterocycles. The van der Waals surface area contributed by atoms with E-state index in [1.165, 1.54) is 0 Å². The monoisotopic (exact) mass is 122 g/mol. The number of aromatic nitrogens is 1. The smallest absolute Gasteiger partial charge is 0.169 e. The van der Waals surface area contributed by atoms with Gasteiger partial charge in [0.05, 0.1) is 0 Å². The maximum absolute atomic E-state index is 2.17. The summed E-state index contributed by atoms with van der Waals surface area (Å²) in [6.45, 7) is 4.33. The molecule has 1 nitrogen and oxygen atoms in total. The van der Waals surface area contributed by atoms with Gasteiger partial charge in [-0.25, -0.2) is 4.57 Å². The van der Waals surface area contributed by atoms with Crippen molar-refractivity contribution in [3.05, 3.63) is 30.6 Å². The number of hydrogen-bond donors (Lipinski definition) is 0. The van der Waals surface area contributed by atoms with Gasteiger partial charge >= 0.3 is 0 Å². The van der Waals surface area contributed by atoms with Crippen LogP contribution in [0.15, 0.2) is 30.6 Å². The predicted octanol–water partition coefficient (Wildman–Crippen LogP) is 1.55. The molecule has 0 aliphatic heterocycles. The Bertz CT molecular complexity index is 167. The van der Waals surface area contributed by atoms with Gasteiger partial charge < -0.3 is 0 Å². The summed E-state index contributed by atoms with van der Waals surface area (Å²) in [4.78, 5) is 0. The molecule has 9 heavy (non-hydrogen) atoms. The van der Waals surface area contributed by atoms with Gasteiger partial charge in [0.25, 0.3) is 0 Å². The molecule has 0 spiro atoms. The van der Waals surface area contributed by atoms with Crippen LogP contribution < -0.4 is 4.57 Å². The van der Waals surface area contributed by atoms with Crippen molar-refractivity contribution in [1.82, 2.24) is 0 Å². The Kier molecular flexibility index (Phi) is 1.83. The lowest BCUT2D eigenvalue weighted by atomic mass is 10.3. The summed E-state index contributed by atoms with van der Waals surface area (Å²) >= 11 is 0. The van der Waals surface area contributed by atoms with Crippen LogP contribution in [0.25, 0.3) is 0 Å². The molecule has 0 aliphatic carbocycles. The molecule has 0 radical (unpaired) electrons. The summed E-state index contributed by atoms with van der Waals surface area (Å²) in [6.07, 6.45) is 4.15. The average Bonchev–Trinajstić information content (AvgIpc) is 1.90. The number of nitrogens with zero attached hydrogens (tertiary/aromatic N) is 1. The third-order valence-corrected chi connectivity index (χ3v) is 1.33. The van der Waals surface area contributed by atoms with E-state index in [0.717, 1.165) is 0 Å². The van der Waals surface area contributed by atoms with Crippen molar-refractivity contribution in [2.24, 2.45) is 0 Å². The molecule has 1 rings (SSSR count). The number of rotatable bonds is 1. The second-order valence-electron chi connectivity index (χ2n) is 2.42. The van der Waals surface area contributed by atoms with Gasteiger partial charge in [-0.2, -0.15) is 0 Å². The standard InChI is InChI=1S/C8H12N/c1-8(2)9-6-4-3-5-7-9/h3-8H,1-2H3/q+1. The number of pyridine rings is 1. The molecule has 0 aromatic carbocycles. The van der Waals surface area contributed by atoms with E-state index in [2.05, 4.69) is 30.8 Å². The Hall–Kier alpha value is -0.850. The van der Waals surface area contributed by atoms with Gasteiger partial charge in [0.2, 0.25) is 0 Å². The molecule has 0 atom stereocenters. The molecule has 1 heteroatoms. The van der Waals surface area contributed by atoms with Gasteiger partial charge in [-0.1, -0.05) is 6.07 Å². The maximum atomic E-state index is 2.17. The lowest BCUT2D eigenvalue weighted by Gasteiger charge is -1.96. The minimum absolute atomic E-state index is 0.575. The van der Waals surface area contributed by atoms with Crippen molar-refractivity contribution < 1.29 is 4.57 Å². The first-order valence-electron chi connectivity index (χ1n) is 3.26. The highest BCUT2D eigenvalue weighted by Gasteiger charge is 2.00. The van der Waals surface area contributed by atoms with Crippen LogP contribution in [0.2, 0.25) is 0 Å². The van der Waals surface area contributed by atoms with Crippen LogP contribution in [0, 0.1) is 0 Å². The summed E-state index contributed by atoms with van der Waals surface area (Å²) < 4.78 is 2.17. The van der Waals surface area contributed by atoms with Crippen LogP contribution in [-0.4, -0.2) is 0 Å². The second kappa shape index (κ2) is 2.62. The van der Waals surface area contributed by atoms with Gasteiger partial charge in [-0.05, 0) is 13.8 Å². The lowest BCUT2D eigenvalue weighted by Crippen LogP contribution is -2.34. The van der Waals surface area contributed by atoms with Crippen molar-refractivity contribution in [3.63, 3.8) is 0 Å². The molecule has 0 saturated carbocycles. The van der Waals surface area contributed by atoms with Crippen LogP contribution in [-0.2, 0) is 0 Å². The van der Waals surface area contributed by atoms with Crippen molar-refractivity contribution in [3.8, 4) is 0 Å². The average molecular weight is 122 g/mol. The van der Waals surface area contributed by atoms with E-state index in [1.54, 1.807) is 0 Å². The second-order valence-corrected chi connectivity index (χ2v) is 2.42. The largest absolute Gasteiger partial charge is 0.203 e. The zero-order valence-corrected chi connectivity index (χ0v) is 5.91. The molecule has 48 valence electrons. The Morgan fingerprint density at radius 3 is 1.89 bits per heavy atom. The first-order valence-corrected chi connectivity index (χ1v) is 3.26. The molecular weight excluding hydrogens is 110 g/mol. The minimum Gasteiger partial charge on any atom is -0.203 e. The van der Waals surface area contributed by atoms with Crippen molar-refractivity contribution in [2.45, 2.75) is 19.9 Å². The lowest BCUT2D eigenvalue weighted by molar-refractivity contribution is -0.716. The highest BCUT2D eigenvalue weighted by Crippen LogP contribution is 1.88. The fourth-order valence-electron chi connectivity index (χ4n) is 0.756. The summed E-state index contributed by atoms with van der Waals surface area (Å²) in [5, 5.41) is 0.